The van der Waals surface area contributed by atoms with E-state index in [0.717, 1.165) is 19.3 Å². The molecule has 1 aliphatic rings. The molecule has 0 spiro atoms. The molecule has 2 N–H and O–H groups in total. The monoisotopic (exact) mass is 380 g/mol. The SMILES string of the molecule is CCNC(=O)c1cccc(NC(=O)COC(=O)c2ccc3c(c2)CCCC3)c1. The molecule has 0 radical (unpaired) electrons. The van der Waals surface area contributed by atoms with Crippen molar-refractivity contribution < 1.29 is 19.1 Å². The number of amides is 2. The van der Waals surface area contributed by atoms with Crippen LogP contribution in [0.15, 0.2) is 42.5 Å². The Kier molecular flexibility index (Phi) is 6.42. The third kappa shape index (κ3) is 4.97. The van der Waals surface area contributed by atoms with Gasteiger partial charge in [0.05, 0.1) is 5.56 Å². The number of ether oxygens (including phenoxy) is 1. The van der Waals surface area contributed by atoms with Crippen LogP contribution in [0.5, 0.6) is 0 Å². The van der Waals surface area contributed by atoms with E-state index in [1.807, 2.05) is 19.1 Å². The molecule has 3 rings (SSSR count). The zero-order chi connectivity index (χ0) is 19.9. The van der Waals surface area contributed by atoms with E-state index in [1.54, 1.807) is 30.3 Å². The summed E-state index contributed by atoms with van der Waals surface area (Å²) in [6, 6.07) is 12.2. The number of benzene rings is 2. The van der Waals surface area contributed by atoms with Crippen molar-refractivity contribution in [2.75, 3.05) is 18.5 Å². The lowest BCUT2D eigenvalue weighted by molar-refractivity contribution is -0.119. The van der Waals surface area contributed by atoms with Gasteiger partial charge in [-0.15, -0.1) is 0 Å². The summed E-state index contributed by atoms with van der Waals surface area (Å²) in [4.78, 5) is 36.2. The molecule has 6 nitrogen and oxygen atoms in total. The second-order valence-corrected chi connectivity index (χ2v) is 6.76. The summed E-state index contributed by atoms with van der Waals surface area (Å²) in [5.74, 6) is -1.18. The fourth-order valence-electron chi connectivity index (χ4n) is 3.27. The number of esters is 1. The maximum absolute atomic E-state index is 12.2. The van der Waals surface area contributed by atoms with Gasteiger partial charge in [0.2, 0.25) is 0 Å². The van der Waals surface area contributed by atoms with Gasteiger partial charge in [0.15, 0.2) is 6.61 Å². The Labute approximate surface area is 164 Å². The normalized spacial score (nSPS) is 12.6. The second kappa shape index (κ2) is 9.17. The highest BCUT2D eigenvalue weighted by molar-refractivity contribution is 5.98. The first-order valence-corrected chi connectivity index (χ1v) is 9.54. The highest BCUT2D eigenvalue weighted by Gasteiger charge is 2.15. The molecule has 2 aromatic carbocycles. The highest BCUT2D eigenvalue weighted by atomic mass is 16.5. The minimum Gasteiger partial charge on any atom is -0.452 e. The van der Waals surface area contributed by atoms with Gasteiger partial charge in [-0.05, 0) is 74.1 Å². The maximum Gasteiger partial charge on any atom is 0.338 e. The van der Waals surface area contributed by atoms with Crippen molar-refractivity contribution in [3.63, 3.8) is 0 Å². The molecule has 0 atom stereocenters. The smallest absolute Gasteiger partial charge is 0.338 e. The van der Waals surface area contributed by atoms with Gasteiger partial charge in [0.25, 0.3) is 11.8 Å². The van der Waals surface area contributed by atoms with Crippen LogP contribution in [-0.4, -0.2) is 30.9 Å². The zero-order valence-corrected chi connectivity index (χ0v) is 15.9. The van der Waals surface area contributed by atoms with Crippen molar-refractivity contribution in [2.24, 2.45) is 0 Å². The van der Waals surface area contributed by atoms with E-state index in [2.05, 4.69) is 10.6 Å². The van der Waals surface area contributed by atoms with Crippen molar-refractivity contribution in [3.8, 4) is 0 Å². The molecule has 0 unspecified atom stereocenters. The van der Waals surface area contributed by atoms with Crippen molar-refractivity contribution in [3.05, 3.63) is 64.7 Å². The Morgan fingerprint density at radius 3 is 2.54 bits per heavy atom. The standard InChI is InChI=1S/C22H24N2O4/c1-2-23-21(26)17-8-5-9-19(13-17)24-20(25)14-28-22(27)18-11-10-15-6-3-4-7-16(15)12-18/h5,8-13H,2-4,6-7,14H2,1H3,(H,23,26)(H,24,25). The van der Waals surface area contributed by atoms with Crippen LogP contribution in [0.1, 0.15) is 51.6 Å². The van der Waals surface area contributed by atoms with Crippen LogP contribution in [0.3, 0.4) is 0 Å². The molecule has 0 saturated carbocycles. The minimum absolute atomic E-state index is 0.211. The molecule has 0 fully saturated rings. The summed E-state index contributed by atoms with van der Waals surface area (Å²) >= 11 is 0. The van der Waals surface area contributed by atoms with Crippen LogP contribution in [0.25, 0.3) is 0 Å². The van der Waals surface area contributed by atoms with Crippen molar-refractivity contribution >= 4 is 23.5 Å². The molecule has 0 aromatic heterocycles. The first-order chi connectivity index (χ1) is 13.6. The molecular weight excluding hydrogens is 356 g/mol. The highest BCUT2D eigenvalue weighted by Crippen LogP contribution is 2.22. The molecule has 0 saturated heterocycles. The van der Waals surface area contributed by atoms with Crippen LogP contribution in [-0.2, 0) is 22.4 Å². The number of nitrogens with one attached hydrogen (secondary N) is 2. The van der Waals surface area contributed by atoms with Gasteiger partial charge >= 0.3 is 5.97 Å². The summed E-state index contributed by atoms with van der Waals surface area (Å²) in [6.45, 7) is 1.97. The number of aryl methyl sites for hydroxylation is 2. The van der Waals surface area contributed by atoms with E-state index in [-0.39, 0.29) is 12.5 Å². The van der Waals surface area contributed by atoms with E-state index < -0.39 is 11.9 Å². The summed E-state index contributed by atoms with van der Waals surface area (Å²) < 4.78 is 5.14. The van der Waals surface area contributed by atoms with Gasteiger partial charge in [-0.3, -0.25) is 9.59 Å². The van der Waals surface area contributed by atoms with E-state index >= 15 is 0 Å². The average molecular weight is 380 g/mol. The molecule has 28 heavy (non-hydrogen) atoms. The summed E-state index contributed by atoms with van der Waals surface area (Å²) in [6.07, 6.45) is 4.32. The van der Waals surface area contributed by atoms with Gasteiger partial charge in [-0.2, -0.15) is 0 Å². The zero-order valence-electron chi connectivity index (χ0n) is 15.9. The lowest BCUT2D eigenvalue weighted by Crippen LogP contribution is -2.23. The van der Waals surface area contributed by atoms with Crippen molar-refractivity contribution in [1.29, 1.82) is 0 Å². The predicted molar refractivity (Wildman–Crippen MR) is 106 cm³/mol. The molecule has 146 valence electrons. The van der Waals surface area contributed by atoms with Crippen LogP contribution in [0.2, 0.25) is 0 Å². The Balaban J connectivity index is 1.55. The first-order valence-electron chi connectivity index (χ1n) is 9.54. The minimum atomic E-state index is -0.514. The Bertz CT molecular complexity index is 892. The number of fused-ring (bicyclic) bond motifs is 1. The van der Waals surface area contributed by atoms with E-state index in [4.69, 9.17) is 4.74 Å². The quantitative estimate of drug-likeness (QED) is 0.754. The molecule has 0 aliphatic heterocycles. The number of carbonyl (C=O) groups excluding carboxylic acids is 3. The molecular formula is C22H24N2O4. The third-order valence-corrected chi connectivity index (χ3v) is 4.66. The number of anilines is 1. The van der Waals surface area contributed by atoms with Gasteiger partial charge in [-0.1, -0.05) is 12.1 Å². The largest absolute Gasteiger partial charge is 0.452 e. The number of carbonyl (C=O) groups is 3. The summed E-state index contributed by atoms with van der Waals surface area (Å²) in [7, 11) is 0. The Morgan fingerprint density at radius 1 is 0.964 bits per heavy atom. The third-order valence-electron chi connectivity index (χ3n) is 4.66. The number of hydrogen-bond donors (Lipinski definition) is 2. The lowest BCUT2D eigenvalue weighted by atomic mass is 9.90. The summed E-state index contributed by atoms with van der Waals surface area (Å²) in [5.41, 5.74) is 3.86. The molecule has 0 bridgehead atoms. The summed E-state index contributed by atoms with van der Waals surface area (Å²) in [5, 5.41) is 5.34. The van der Waals surface area contributed by atoms with Gasteiger partial charge in [0.1, 0.15) is 0 Å². The van der Waals surface area contributed by atoms with E-state index in [9.17, 15) is 14.4 Å². The average Bonchev–Trinajstić information content (AvgIpc) is 2.72. The maximum atomic E-state index is 12.2. The molecule has 2 amide bonds. The fraction of sp³-hybridized carbons (Fsp3) is 0.318. The van der Waals surface area contributed by atoms with Crippen molar-refractivity contribution in [2.45, 2.75) is 32.6 Å². The Hall–Kier alpha value is -3.15. The van der Waals surface area contributed by atoms with Gasteiger partial charge in [-0.25, -0.2) is 4.79 Å². The van der Waals surface area contributed by atoms with E-state index in [1.165, 1.54) is 17.5 Å². The Morgan fingerprint density at radius 2 is 1.75 bits per heavy atom. The molecule has 2 aromatic rings. The number of rotatable bonds is 6. The van der Waals surface area contributed by atoms with Gasteiger partial charge < -0.3 is 15.4 Å². The van der Waals surface area contributed by atoms with Gasteiger partial charge in [0, 0.05) is 17.8 Å². The molecule has 0 heterocycles. The van der Waals surface area contributed by atoms with Crippen LogP contribution < -0.4 is 10.6 Å². The predicted octanol–water partition coefficient (Wildman–Crippen LogP) is 3.11. The molecule has 1 aliphatic carbocycles. The van der Waals surface area contributed by atoms with E-state index in [0.29, 0.717) is 23.4 Å². The lowest BCUT2D eigenvalue weighted by Gasteiger charge is -2.16. The van der Waals surface area contributed by atoms with Crippen LogP contribution in [0, 0.1) is 0 Å². The first kappa shape index (κ1) is 19.6. The number of hydrogen-bond acceptors (Lipinski definition) is 4. The van der Waals surface area contributed by atoms with Crippen molar-refractivity contribution in [1.82, 2.24) is 5.32 Å². The molecule has 6 heteroatoms. The second-order valence-electron chi connectivity index (χ2n) is 6.76. The van der Waals surface area contributed by atoms with Crippen LogP contribution >= 0.6 is 0 Å². The van der Waals surface area contributed by atoms with Crippen LogP contribution in [0.4, 0.5) is 5.69 Å². The fourth-order valence-corrected chi connectivity index (χ4v) is 3.27. The topological polar surface area (TPSA) is 84.5 Å².